The van der Waals surface area contributed by atoms with Gasteiger partial charge in [0, 0.05) is 18.9 Å². The highest BCUT2D eigenvalue weighted by atomic mass is 19.3. The number of halogens is 2. The molecule has 0 amide bonds. The van der Waals surface area contributed by atoms with Gasteiger partial charge in [0.1, 0.15) is 18.8 Å². The van der Waals surface area contributed by atoms with Gasteiger partial charge in [-0.3, -0.25) is 4.68 Å². The number of aliphatic hydroxyl groups excluding tert-OH is 1. The maximum absolute atomic E-state index is 13.0. The minimum atomic E-state index is -3.21. The van der Waals surface area contributed by atoms with Crippen molar-refractivity contribution >= 4 is 0 Å². The fourth-order valence-electron chi connectivity index (χ4n) is 1.60. The molecule has 0 aliphatic rings. The Bertz CT molecular complexity index is 555. The molecule has 0 radical (unpaired) electrons. The van der Waals surface area contributed by atoms with Crippen LogP contribution in [-0.2, 0) is 17.8 Å². The van der Waals surface area contributed by atoms with Crippen LogP contribution in [0.15, 0.2) is 18.6 Å². The molecule has 0 bridgehead atoms. The summed E-state index contributed by atoms with van der Waals surface area (Å²) in [6, 6.07) is 0. The van der Waals surface area contributed by atoms with E-state index in [2.05, 4.69) is 15.4 Å². The van der Waals surface area contributed by atoms with E-state index in [0.717, 1.165) is 4.68 Å². The third kappa shape index (κ3) is 3.58. The highest BCUT2D eigenvalue weighted by molar-refractivity contribution is 5.54. The minimum Gasteiger partial charge on any atom is -0.390 e. The van der Waals surface area contributed by atoms with Crippen LogP contribution in [0, 0.1) is 0 Å². The second-order valence-corrected chi connectivity index (χ2v) is 4.30. The van der Waals surface area contributed by atoms with E-state index in [1.54, 1.807) is 24.2 Å². The van der Waals surface area contributed by atoms with E-state index in [4.69, 9.17) is 9.84 Å². The molecule has 2 aromatic heterocycles. The molecule has 2 aromatic rings. The fourth-order valence-corrected chi connectivity index (χ4v) is 1.60. The third-order valence-corrected chi connectivity index (χ3v) is 2.62. The van der Waals surface area contributed by atoms with Crippen molar-refractivity contribution in [3.05, 3.63) is 18.6 Å². The van der Waals surface area contributed by atoms with Crippen molar-refractivity contribution in [1.29, 1.82) is 0 Å². The summed E-state index contributed by atoms with van der Waals surface area (Å²) in [5, 5.41) is 20.1. The van der Waals surface area contributed by atoms with Crippen molar-refractivity contribution in [3.8, 4) is 11.3 Å². The standard InChI is InChI=1S/C11H15F2N5O2/c1-20-3-2-17-5-9(4-14-17)10-6-18(16-15-10)7-11(12,13)8-19/h4-6,19H,2-3,7-8H2,1H3. The zero-order valence-corrected chi connectivity index (χ0v) is 10.9. The summed E-state index contributed by atoms with van der Waals surface area (Å²) in [7, 11) is 1.59. The molecule has 0 unspecified atom stereocenters. The van der Waals surface area contributed by atoms with Gasteiger partial charge in [-0.25, -0.2) is 13.5 Å². The normalized spacial score (nSPS) is 12.0. The first-order chi connectivity index (χ1) is 9.54. The van der Waals surface area contributed by atoms with Crippen molar-refractivity contribution < 1.29 is 18.6 Å². The molecule has 7 nitrogen and oxygen atoms in total. The number of methoxy groups -OCH3 is 1. The van der Waals surface area contributed by atoms with Crippen LogP contribution in [0.5, 0.6) is 0 Å². The maximum atomic E-state index is 13.0. The Kier molecular flexibility index (Phi) is 4.40. The molecule has 0 aliphatic heterocycles. The summed E-state index contributed by atoms with van der Waals surface area (Å²) in [4.78, 5) is 0. The SMILES string of the molecule is COCCn1cc(-c2cn(CC(F)(F)CO)nn2)cn1. The number of hydrogen-bond donors (Lipinski definition) is 1. The molecular weight excluding hydrogens is 272 g/mol. The lowest BCUT2D eigenvalue weighted by molar-refractivity contribution is -0.0655. The molecule has 0 atom stereocenters. The Morgan fingerprint density at radius 1 is 1.35 bits per heavy atom. The Morgan fingerprint density at radius 2 is 2.15 bits per heavy atom. The Balaban J connectivity index is 2.06. The molecule has 20 heavy (non-hydrogen) atoms. The van der Waals surface area contributed by atoms with Crippen molar-refractivity contribution in [1.82, 2.24) is 24.8 Å². The lowest BCUT2D eigenvalue weighted by Gasteiger charge is -2.11. The van der Waals surface area contributed by atoms with Crippen LogP contribution in [0.3, 0.4) is 0 Å². The van der Waals surface area contributed by atoms with Gasteiger partial charge in [-0.1, -0.05) is 5.21 Å². The van der Waals surface area contributed by atoms with Gasteiger partial charge in [-0.15, -0.1) is 5.10 Å². The topological polar surface area (TPSA) is 78.0 Å². The van der Waals surface area contributed by atoms with Gasteiger partial charge in [0.25, 0.3) is 5.92 Å². The van der Waals surface area contributed by atoms with Gasteiger partial charge in [-0.05, 0) is 0 Å². The molecule has 0 saturated carbocycles. The lowest BCUT2D eigenvalue weighted by atomic mass is 10.3. The van der Waals surface area contributed by atoms with Crippen molar-refractivity contribution in [3.63, 3.8) is 0 Å². The lowest BCUT2D eigenvalue weighted by Crippen LogP contribution is -2.28. The average Bonchev–Trinajstić information content (AvgIpc) is 3.04. The van der Waals surface area contributed by atoms with E-state index in [-0.39, 0.29) is 0 Å². The zero-order valence-electron chi connectivity index (χ0n) is 10.9. The molecule has 2 rings (SSSR count). The fraction of sp³-hybridized carbons (Fsp3) is 0.545. The molecule has 0 spiro atoms. The summed E-state index contributed by atoms with van der Waals surface area (Å²) in [6.07, 6.45) is 4.70. The molecule has 110 valence electrons. The van der Waals surface area contributed by atoms with E-state index in [9.17, 15) is 8.78 Å². The Hall–Kier alpha value is -1.87. The molecular formula is C11H15F2N5O2. The first-order valence-electron chi connectivity index (χ1n) is 5.94. The largest absolute Gasteiger partial charge is 0.390 e. The molecule has 2 heterocycles. The predicted octanol–water partition coefficient (Wildman–Crippen LogP) is 0.416. The maximum Gasteiger partial charge on any atom is 0.289 e. The van der Waals surface area contributed by atoms with Crippen LogP contribution in [0.25, 0.3) is 11.3 Å². The van der Waals surface area contributed by atoms with E-state index in [0.29, 0.717) is 24.4 Å². The van der Waals surface area contributed by atoms with E-state index in [1.807, 2.05) is 0 Å². The number of alkyl halides is 2. The van der Waals surface area contributed by atoms with Crippen molar-refractivity contribution in [2.24, 2.45) is 0 Å². The number of nitrogens with zero attached hydrogens (tertiary/aromatic N) is 5. The van der Waals surface area contributed by atoms with Crippen LogP contribution in [0.1, 0.15) is 0 Å². The molecule has 1 N–H and O–H groups in total. The van der Waals surface area contributed by atoms with Gasteiger partial charge in [0.2, 0.25) is 0 Å². The molecule has 0 fully saturated rings. The van der Waals surface area contributed by atoms with Crippen LogP contribution < -0.4 is 0 Å². The van der Waals surface area contributed by atoms with Gasteiger partial charge < -0.3 is 9.84 Å². The highest BCUT2D eigenvalue weighted by Crippen LogP contribution is 2.18. The summed E-state index contributed by atoms with van der Waals surface area (Å²) < 4.78 is 33.6. The number of ether oxygens (including phenoxy) is 1. The smallest absolute Gasteiger partial charge is 0.289 e. The Morgan fingerprint density at radius 3 is 2.85 bits per heavy atom. The van der Waals surface area contributed by atoms with Crippen molar-refractivity contribution in [2.45, 2.75) is 19.0 Å². The predicted molar refractivity (Wildman–Crippen MR) is 65.2 cm³/mol. The highest BCUT2D eigenvalue weighted by Gasteiger charge is 2.29. The first-order valence-corrected chi connectivity index (χ1v) is 5.94. The van der Waals surface area contributed by atoms with Gasteiger partial charge in [0.05, 0.1) is 25.5 Å². The average molecular weight is 287 g/mol. The summed E-state index contributed by atoms with van der Waals surface area (Å²) in [5.41, 5.74) is 1.13. The second kappa shape index (κ2) is 6.06. The van der Waals surface area contributed by atoms with E-state index in [1.165, 1.54) is 6.20 Å². The van der Waals surface area contributed by atoms with Gasteiger partial charge in [-0.2, -0.15) is 5.10 Å². The van der Waals surface area contributed by atoms with Crippen LogP contribution in [0.2, 0.25) is 0 Å². The van der Waals surface area contributed by atoms with E-state index < -0.39 is 19.1 Å². The zero-order chi connectivity index (χ0) is 14.6. The van der Waals surface area contributed by atoms with Crippen LogP contribution >= 0.6 is 0 Å². The van der Waals surface area contributed by atoms with E-state index >= 15 is 0 Å². The number of aromatic nitrogens is 5. The number of hydrogen-bond acceptors (Lipinski definition) is 5. The first kappa shape index (κ1) is 14.5. The molecule has 0 aliphatic carbocycles. The number of rotatable bonds is 7. The molecule has 0 saturated heterocycles. The van der Waals surface area contributed by atoms with Gasteiger partial charge >= 0.3 is 0 Å². The third-order valence-electron chi connectivity index (χ3n) is 2.62. The van der Waals surface area contributed by atoms with Gasteiger partial charge in [0.15, 0.2) is 0 Å². The minimum absolute atomic E-state index is 0.447. The monoisotopic (exact) mass is 287 g/mol. The summed E-state index contributed by atoms with van der Waals surface area (Å²) >= 11 is 0. The quantitative estimate of drug-likeness (QED) is 0.798. The Labute approximate surface area is 113 Å². The summed E-state index contributed by atoms with van der Waals surface area (Å²) in [6.45, 7) is -0.824. The van der Waals surface area contributed by atoms with Crippen LogP contribution in [-0.4, -0.2) is 56.1 Å². The summed E-state index contributed by atoms with van der Waals surface area (Å²) in [5.74, 6) is -3.21. The molecule has 0 aromatic carbocycles. The second-order valence-electron chi connectivity index (χ2n) is 4.30. The molecule has 9 heteroatoms. The van der Waals surface area contributed by atoms with Crippen molar-refractivity contribution in [2.75, 3.05) is 20.3 Å². The number of aliphatic hydroxyl groups is 1. The van der Waals surface area contributed by atoms with Crippen LogP contribution in [0.4, 0.5) is 8.78 Å².